The quantitative estimate of drug-likeness (QED) is 0.851. The second-order valence-corrected chi connectivity index (χ2v) is 7.81. The largest absolute Gasteiger partial charge is 0.340 e. The lowest BCUT2D eigenvalue weighted by molar-refractivity contribution is -0.133. The Morgan fingerprint density at radius 1 is 1.31 bits per heavy atom. The number of pyridine rings is 1. The van der Waals surface area contributed by atoms with Gasteiger partial charge in [-0.15, -0.1) is 0 Å². The van der Waals surface area contributed by atoms with Crippen LogP contribution in [0.1, 0.15) is 31.7 Å². The van der Waals surface area contributed by atoms with Crippen molar-refractivity contribution in [3.63, 3.8) is 0 Å². The maximum atomic E-state index is 12.8. The van der Waals surface area contributed by atoms with E-state index in [1.165, 1.54) is 0 Å². The number of aryl methyl sites for hydroxylation is 1. The summed E-state index contributed by atoms with van der Waals surface area (Å²) < 4.78 is 0. The SMILES string of the molecule is CC(=O)N1CC(N(C)C(=O)CCc2ccc3ncccc3c2)C2(CC2)C1. The maximum absolute atomic E-state index is 12.8. The molecule has 1 saturated carbocycles. The van der Waals surface area contributed by atoms with Crippen LogP contribution in [-0.4, -0.2) is 52.8 Å². The third-order valence-electron chi connectivity index (χ3n) is 6.10. The lowest BCUT2D eigenvalue weighted by atomic mass is 9.98. The molecule has 2 fully saturated rings. The number of carbonyl (C=O) groups is 2. The Balaban J connectivity index is 1.40. The topological polar surface area (TPSA) is 53.5 Å². The first kappa shape index (κ1) is 17.0. The van der Waals surface area contributed by atoms with Crippen molar-refractivity contribution in [1.82, 2.24) is 14.8 Å². The molecule has 4 rings (SSSR count). The van der Waals surface area contributed by atoms with Gasteiger partial charge in [0.1, 0.15) is 0 Å². The summed E-state index contributed by atoms with van der Waals surface area (Å²) in [6.07, 6.45) is 5.26. The molecule has 1 unspecified atom stereocenters. The fraction of sp³-hybridized carbons (Fsp3) is 0.476. The zero-order valence-corrected chi connectivity index (χ0v) is 15.4. The van der Waals surface area contributed by atoms with Crippen molar-refractivity contribution in [2.75, 3.05) is 20.1 Å². The minimum Gasteiger partial charge on any atom is -0.340 e. The van der Waals surface area contributed by atoms with E-state index in [0.717, 1.165) is 42.3 Å². The predicted octanol–water partition coefficient (Wildman–Crippen LogP) is 2.64. The molecule has 1 atom stereocenters. The fourth-order valence-electron chi connectivity index (χ4n) is 4.26. The third-order valence-corrected chi connectivity index (χ3v) is 6.10. The number of hydrogen-bond donors (Lipinski definition) is 0. The Hall–Kier alpha value is -2.43. The van der Waals surface area contributed by atoms with Gasteiger partial charge < -0.3 is 9.80 Å². The molecular formula is C21H25N3O2. The number of fused-ring (bicyclic) bond motifs is 1. The van der Waals surface area contributed by atoms with Crippen LogP contribution in [0.4, 0.5) is 0 Å². The van der Waals surface area contributed by atoms with Crippen LogP contribution in [0, 0.1) is 5.41 Å². The predicted molar refractivity (Wildman–Crippen MR) is 101 cm³/mol. The fourth-order valence-corrected chi connectivity index (χ4v) is 4.26. The highest BCUT2D eigenvalue weighted by atomic mass is 16.2. The van der Waals surface area contributed by atoms with Crippen molar-refractivity contribution in [3.05, 3.63) is 42.1 Å². The number of rotatable bonds is 4. The Morgan fingerprint density at radius 2 is 2.12 bits per heavy atom. The van der Waals surface area contributed by atoms with Crippen LogP contribution in [0.2, 0.25) is 0 Å². The lowest BCUT2D eigenvalue weighted by Crippen LogP contribution is -2.43. The van der Waals surface area contributed by atoms with Gasteiger partial charge in [-0.05, 0) is 43.0 Å². The van der Waals surface area contributed by atoms with E-state index in [0.29, 0.717) is 13.0 Å². The average Bonchev–Trinajstić information content (AvgIpc) is 3.31. The van der Waals surface area contributed by atoms with Crippen molar-refractivity contribution in [1.29, 1.82) is 0 Å². The second kappa shape index (κ2) is 6.38. The van der Waals surface area contributed by atoms with E-state index >= 15 is 0 Å². The molecule has 1 spiro atoms. The molecule has 5 heteroatoms. The summed E-state index contributed by atoms with van der Waals surface area (Å²) in [5.74, 6) is 0.280. The van der Waals surface area contributed by atoms with Crippen LogP contribution in [0.5, 0.6) is 0 Å². The molecule has 0 radical (unpaired) electrons. The first-order chi connectivity index (χ1) is 12.5. The van der Waals surface area contributed by atoms with E-state index in [-0.39, 0.29) is 23.3 Å². The van der Waals surface area contributed by atoms with Gasteiger partial charge in [-0.1, -0.05) is 12.1 Å². The zero-order valence-electron chi connectivity index (χ0n) is 15.4. The minimum atomic E-state index is 0.115. The van der Waals surface area contributed by atoms with Crippen LogP contribution in [-0.2, 0) is 16.0 Å². The number of likely N-dealkylation sites (N-methyl/N-ethyl adjacent to an activating group) is 1. The summed E-state index contributed by atoms with van der Waals surface area (Å²) in [5.41, 5.74) is 2.29. The molecule has 5 nitrogen and oxygen atoms in total. The summed E-state index contributed by atoms with van der Waals surface area (Å²) in [6, 6.07) is 10.3. The van der Waals surface area contributed by atoms with E-state index in [9.17, 15) is 9.59 Å². The van der Waals surface area contributed by atoms with Crippen molar-refractivity contribution in [3.8, 4) is 0 Å². The maximum Gasteiger partial charge on any atom is 0.222 e. The minimum absolute atomic E-state index is 0.115. The number of aromatic nitrogens is 1. The van der Waals surface area contributed by atoms with Crippen LogP contribution >= 0.6 is 0 Å². The molecule has 136 valence electrons. The van der Waals surface area contributed by atoms with Gasteiger partial charge in [0.25, 0.3) is 0 Å². The van der Waals surface area contributed by atoms with E-state index < -0.39 is 0 Å². The number of benzene rings is 1. The summed E-state index contributed by atoms with van der Waals surface area (Å²) in [5, 5.41) is 1.11. The molecule has 0 bridgehead atoms. The Morgan fingerprint density at radius 3 is 2.85 bits per heavy atom. The zero-order chi connectivity index (χ0) is 18.3. The van der Waals surface area contributed by atoms with Gasteiger partial charge >= 0.3 is 0 Å². The van der Waals surface area contributed by atoms with Gasteiger partial charge in [-0.2, -0.15) is 0 Å². The molecule has 0 N–H and O–H groups in total. The van der Waals surface area contributed by atoms with E-state index in [2.05, 4.69) is 17.1 Å². The molecule has 1 aliphatic carbocycles. The molecule has 2 aliphatic rings. The highest BCUT2D eigenvalue weighted by Crippen LogP contribution is 2.54. The van der Waals surface area contributed by atoms with Crippen molar-refractivity contribution in [2.45, 2.75) is 38.6 Å². The Labute approximate surface area is 154 Å². The summed E-state index contributed by atoms with van der Waals surface area (Å²) >= 11 is 0. The number of likely N-dealkylation sites (tertiary alicyclic amines) is 1. The lowest BCUT2D eigenvalue weighted by Gasteiger charge is -2.29. The van der Waals surface area contributed by atoms with Gasteiger partial charge in [0, 0.05) is 50.5 Å². The van der Waals surface area contributed by atoms with Gasteiger partial charge in [-0.3, -0.25) is 14.6 Å². The van der Waals surface area contributed by atoms with E-state index in [1.54, 1.807) is 13.1 Å². The summed E-state index contributed by atoms with van der Waals surface area (Å²) in [4.78, 5) is 32.6. The van der Waals surface area contributed by atoms with Gasteiger partial charge in [0.2, 0.25) is 11.8 Å². The van der Waals surface area contributed by atoms with Gasteiger partial charge in [-0.25, -0.2) is 0 Å². The van der Waals surface area contributed by atoms with Crippen molar-refractivity contribution in [2.24, 2.45) is 5.41 Å². The smallest absolute Gasteiger partial charge is 0.222 e. The molecule has 2 aromatic rings. The van der Waals surface area contributed by atoms with Gasteiger partial charge in [0.05, 0.1) is 11.6 Å². The number of hydrogen-bond acceptors (Lipinski definition) is 3. The van der Waals surface area contributed by atoms with Crippen molar-refractivity contribution < 1.29 is 9.59 Å². The normalized spacial score (nSPS) is 20.5. The molecule has 1 aliphatic heterocycles. The third kappa shape index (κ3) is 3.06. The number of nitrogens with zero attached hydrogens (tertiary/aromatic N) is 3. The molecule has 26 heavy (non-hydrogen) atoms. The molecule has 1 aromatic heterocycles. The standard InChI is InChI=1S/C21H25N3O2/c1-15(25)24-13-19(21(14-24)9-10-21)23(2)20(26)8-6-16-5-7-18-17(12-16)4-3-11-22-18/h3-5,7,11-12,19H,6,8-10,13-14H2,1-2H3. The Kier molecular flexibility index (Phi) is 4.17. The monoisotopic (exact) mass is 351 g/mol. The van der Waals surface area contributed by atoms with E-state index in [1.807, 2.05) is 35.0 Å². The second-order valence-electron chi connectivity index (χ2n) is 7.81. The van der Waals surface area contributed by atoms with Crippen LogP contribution in [0.3, 0.4) is 0 Å². The van der Waals surface area contributed by atoms with Gasteiger partial charge in [0.15, 0.2) is 0 Å². The highest BCUT2D eigenvalue weighted by molar-refractivity contribution is 5.80. The van der Waals surface area contributed by atoms with E-state index in [4.69, 9.17) is 0 Å². The molecule has 2 heterocycles. The Bertz CT molecular complexity index is 859. The number of amides is 2. The average molecular weight is 351 g/mol. The van der Waals surface area contributed by atoms with Crippen LogP contribution in [0.25, 0.3) is 10.9 Å². The first-order valence-corrected chi connectivity index (χ1v) is 9.33. The molecule has 1 saturated heterocycles. The summed E-state index contributed by atoms with van der Waals surface area (Å²) in [7, 11) is 1.90. The first-order valence-electron chi connectivity index (χ1n) is 9.33. The highest BCUT2D eigenvalue weighted by Gasteiger charge is 2.57. The molecular weight excluding hydrogens is 326 g/mol. The summed E-state index contributed by atoms with van der Waals surface area (Å²) in [6.45, 7) is 3.11. The van der Waals surface area contributed by atoms with Crippen molar-refractivity contribution >= 4 is 22.7 Å². The molecule has 1 aromatic carbocycles. The number of carbonyl (C=O) groups excluding carboxylic acids is 2. The van der Waals surface area contributed by atoms with Crippen LogP contribution < -0.4 is 0 Å². The molecule has 2 amide bonds. The van der Waals surface area contributed by atoms with Crippen LogP contribution in [0.15, 0.2) is 36.5 Å².